The molecule has 0 fully saturated rings. The molecule has 5 rings (SSSR count). The molecule has 0 saturated carbocycles. The van der Waals surface area contributed by atoms with Crippen molar-refractivity contribution in [2.75, 3.05) is 44.5 Å². The van der Waals surface area contributed by atoms with Gasteiger partial charge in [-0.2, -0.15) is 0 Å². The Morgan fingerprint density at radius 2 is 1.81 bits per heavy atom. The van der Waals surface area contributed by atoms with Gasteiger partial charge in [0.1, 0.15) is 17.6 Å². The lowest BCUT2D eigenvalue weighted by molar-refractivity contribution is -0.134. The number of likely N-dealkylation sites (N-methyl/N-ethyl adjacent to an activating group) is 1. The molecular weight excluding hydrogens is 598 g/mol. The molecule has 1 aliphatic heterocycles. The van der Waals surface area contributed by atoms with Crippen LogP contribution in [0, 0.1) is 5.92 Å². The average Bonchev–Trinajstić information content (AvgIpc) is 3.39. The molecule has 1 aliphatic rings. The van der Waals surface area contributed by atoms with E-state index in [1.807, 2.05) is 49.0 Å². The standard InChI is InChI=1S/C36H43N5O6/c1-23-19-41(24(2)22-42)35(44)18-25-16-28(37-34(43)17-26-20-39(3)31-9-7-6-8-30(26)31)12-15-32(25)47-33(23)21-40(4)36(45)38-27-10-13-29(46-5)14-11-27/h6-16,20,23-24,33,42H,17-19,21-22H2,1-5H3,(H,37,43)(H,38,45)/t23-,24-,33+/m1/s1. The van der Waals surface area contributed by atoms with E-state index in [1.165, 1.54) is 0 Å². The van der Waals surface area contributed by atoms with Gasteiger partial charge in [-0.05, 0) is 61.0 Å². The van der Waals surface area contributed by atoms with Gasteiger partial charge in [0.2, 0.25) is 11.8 Å². The minimum Gasteiger partial charge on any atom is -0.497 e. The maximum Gasteiger partial charge on any atom is 0.321 e. The van der Waals surface area contributed by atoms with E-state index >= 15 is 0 Å². The number of aryl methyl sites for hydroxylation is 1. The number of aliphatic hydroxyl groups is 1. The van der Waals surface area contributed by atoms with Crippen molar-refractivity contribution in [3.8, 4) is 11.5 Å². The summed E-state index contributed by atoms with van der Waals surface area (Å²) in [6.07, 6.45) is 1.71. The summed E-state index contributed by atoms with van der Waals surface area (Å²) in [4.78, 5) is 43.1. The number of fused-ring (bicyclic) bond motifs is 2. The molecule has 3 aromatic carbocycles. The molecule has 2 heterocycles. The number of methoxy groups -OCH3 is 1. The quantitative estimate of drug-likeness (QED) is 0.244. The lowest BCUT2D eigenvalue weighted by Crippen LogP contribution is -2.48. The van der Waals surface area contributed by atoms with Crippen LogP contribution in [0.1, 0.15) is 25.0 Å². The largest absolute Gasteiger partial charge is 0.497 e. The Labute approximate surface area is 275 Å². The molecule has 3 N–H and O–H groups in total. The Morgan fingerprint density at radius 3 is 2.53 bits per heavy atom. The number of benzene rings is 3. The second-order valence-electron chi connectivity index (χ2n) is 12.3. The van der Waals surface area contributed by atoms with Crippen LogP contribution in [0.3, 0.4) is 0 Å². The second kappa shape index (κ2) is 14.6. The van der Waals surface area contributed by atoms with Crippen molar-refractivity contribution in [1.29, 1.82) is 0 Å². The van der Waals surface area contributed by atoms with Gasteiger partial charge in [-0.3, -0.25) is 9.59 Å². The summed E-state index contributed by atoms with van der Waals surface area (Å²) in [5.74, 6) is 0.670. The SMILES string of the molecule is COc1ccc(NC(=O)N(C)C[C@@H]2Oc3ccc(NC(=O)Cc4cn(C)c5ccccc45)cc3CC(=O)N([C@H](C)CO)C[C@H]2C)cc1. The average molecular weight is 642 g/mol. The van der Waals surface area contributed by atoms with Gasteiger partial charge in [-0.15, -0.1) is 0 Å². The van der Waals surface area contributed by atoms with Gasteiger partial charge in [0.05, 0.1) is 39.1 Å². The summed E-state index contributed by atoms with van der Waals surface area (Å²) in [6, 6.07) is 19.6. The van der Waals surface area contributed by atoms with Gasteiger partial charge < -0.3 is 39.6 Å². The third-order valence-corrected chi connectivity index (χ3v) is 8.67. The van der Waals surface area contributed by atoms with Crippen molar-refractivity contribution in [2.45, 2.75) is 38.8 Å². The molecule has 1 aromatic heterocycles. The lowest BCUT2D eigenvalue weighted by atomic mass is 10.0. The number of rotatable bonds is 9. The first-order chi connectivity index (χ1) is 22.6. The van der Waals surface area contributed by atoms with Crippen molar-refractivity contribution < 1.29 is 29.0 Å². The highest BCUT2D eigenvalue weighted by atomic mass is 16.5. The fourth-order valence-corrected chi connectivity index (χ4v) is 5.92. The highest BCUT2D eigenvalue weighted by Crippen LogP contribution is 2.30. The van der Waals surface area contributed by atoms with E-state index in [0.29, 0.717) is 35.0 Å². The molecule has 11 nitrogen and oxygen atoms in total. The predicted molar refractivity (Wildman–Crippen MR) is 182 cm³/mol. The fraction of sp³-hybridized carbons (Fsp3) is 0.361. The first-order valence-corrected chi connectivity index (χ1v) is 15.7. The zero-order valence-electron chi connectivity index (χ0n) is 27.5. The van der Waals surface area contributed by atoms with E-state index in [-0.39, 0.29) is 49.8 Å². The number of carbonyl (C=O) groups is 3. The normalized spacial score (nSPS) is 17.1. The van der Waals surface area contributed by atoms with Crippen molar-refractivity contribution in [2.24, 2.45) is 13.0 Å². The van der Waals surface area contributed by atoms with Gasteiger partial charge in [-0.1, -0.05) is 25.1 Å². The topological polar surface area (TPSA) is 125 Å². The molecule has 0 bridgehead atoms. The Bertz CT molecular complexity index is 1740. The molecule has 0 radical (unpaired) electrons. The van der Waals surface area contributed by atoms with E-state index in [9.17, 15) is 19.5 Å². The van der Waals surface area contributed by atoms with E-state index < -0.39 is 12.1 Å². The summed E-state index contributed by atoms with van der Waals surface area (Å²) in [5, 5.41) is 16.9. The van der Waals surface area contributed by atoms with Crippen LogP contribution in [-0.4, -0.2) is 83.3 Å². The van der Waals surface area contributed by atoms with Crippen molar-refractivity contribution in [1.82, 2.24) is 14.4 Å². The van der Waals surface area contributed by atoms with Gasteiger partial charge in [-0.25, -0.2) is 4.79 Å². The Hall–Kier alpha value is -5.03. The zero-order valence-corrected chi connectivity index (χ0v) is 27.5. The highest BCUT2D eigenvalue weighted by molar-refractivity contribution is 5.96. The number of nitrogens with one attached hydrogen (secondary N) is 2. The Balaban J connectivity index is 1.35. The molecule has 4 aromatic rings. The number of nitrogens with zero attached hydrogens (tertiary/aromatic N) is 3. The Morgan fingerprint density at radius 1 is 1.09 bits per heavy atom. The molecule has 248 valence electrons. The third-order valence-electron chi connectivity index (χ3n) is 8.67. The number of aromatic nitrogens is 1. The molecule has 0 spiro atoms. The van der Waals surface area contributed by atoms with E-state index in [0.717, 1.165) is 16.5 Å². The Kier molecular flexibility index (Phi) is 10.4. The van der Waals surface area contributed by atoms with Crippen LogP contribution in [0.15, 0.2) is 72.9 Å². The van der Waals surface area contributed by atoms with E-state index in [2.05, 4.69) is 10.6 Å². The van der Waals surface area contributed by atoms with Gasteiger partial charge in [0, 0.05) is 60.6 Å². The van der Waals surface area contributed by atoms with Crippen LogP contribution < -0.4 is 20.1 Å². The molecule has 0 saturated heterocycles. The van der Waals surface area contributed by atoms with Crippen LogP contribution in [0.5, 0.6) is 11.5 Å². The molecule has 47 heavy (non-hydrogen) atoms. The minimum absolute atomic E-state index is 0.0277. The number of carbonyl (C=O) groups excluding carboxylic acids is 3. The van der Waals surface area contributed by atoms with E-state index in [4.69, 9.17) is 9.47 Å². The molecule has 11 heteroatoms. The maximum atomic E-state index is 13.6. The molecule has 3 atom stereocenters. The van der Waals surface area contributed by atoms with Gasteiger partial charge >= 0.3 is 6.03 Å². The molecular formula is C36H43N5O6. The van der Waals surface area contributed by atoms with Crippen molar-refractivity contribution in [3.05, 3.63) is 84.1 Å². The summed E-state index contributed by atoms with van der Waals surface area (Å²) in [5.41, 5.74) is 3.76. The summed E-state index contributed by atoms with van der Waals surface area (Å²) < 4.78 is 13.8. The predicted octanol–water partition coefficient (Wildman–Crippen LogP) is 4.68. The van der Waals surface area contributed by atoms with Crippen LogP contribution in [0.4, 0.5) is 16.2 Å². The van der Waals surface area contributed by atoms with Crippen molar-refractivity contribution >= 4 is 40.1 Å². The van der Waals surface area contributed by atoms with Crippen LogP contribution >= 0.6 is 0 Å². The first-order valence-electron chi connectivity index (χ1n) is 15.7. The third kappa shape index (κ3) is 7.86. The monoisotopic (exact) mass is 641 g/mol. The summed E-state index contributed by atoms with van der Waals surface area (Å²) in [7, 11) is 5.23. The number of hydrogen-bond donors (Lipinski definition) is 3. The van der Waals surface area contributed by atoms with Crippen LogP contribution in [0.25, 0.3) is 10.9 Å². The fourth-order valence-electron chi connectivity index (χ4n) is 5.92. The number of aliphatic hydroxyl groups excluding tert-OH is 1. The number of amides is 4. The van der Waals surface area contributed by atoms with Gasteiger partial charge in [0.25, 0.3) is 0 Å². The molecule has 0 unspecified atom stereocenters. The van der Waals surface area contributed by atoms with Crippen LogP contribution in [0.2, 0.25) is 0 Å². The number of hydrogen-bond acceptors (Lipinski definition) is 6. The minimum atomic E-state index is -0.480. The number of urea groups is 1. The summed E-state index contributed by atoms with van der Waals surface area (Å²) >= 11 is 0. The highest BCUT2D eigenvalue weighted by Gasteiger charge is 2.32. The number of para-hydroxylation sites is 1. The molecule has 0 aliphatic carbocycles. The molecule has 4 amide bonds. The zero-order chi connectivity index (χ0) is 33.7. The number of ether oxygens (including phenoxy) is 2. The summed E-state index contributed by atoms with van der Waals surface area (Å²) in [6.45, 7) is 4.16. The second-order valence-corrected chi connectivity index (χ2v) is 12.3. The first kappa shape index (κ1) is 33.3. The van der Waals surface area contributed by atoms with Crippen molar-refractivity contribution in [3.63, 3.8) is 0 Å². The van der Waals surface area contributed by atoms with Gasteiger partial charge in [0.15, 0.2) is 0 Å². The van der Waals surface area contributed by atoms with E-state index in [1.54, 1.807) is 73.3 Å². The lowest BCUT2D eigenvalue weighted by Gasteiger charge is -2.34. The van der Waals surface area contributed by atoms with Crippen LogP contribution in [-0.2, 0) is 29.5 Å². The number of anilines is 2. The smallest absolute Gasteiger partial charge is 0.321 e. The maximum absolute atomic E-state index is 13.6.